The second-order valence-electron chi connectivity index (χ2n) is 7.89. The van der Waals surface area contributed by atoms with Crippen molar-refractivity contribution >= 4 is 33.5 Å². The minimum atomic E-state index is -0.330. The Bertz CT molecular complexity index is 256. The minimum Gasteiger partial charge on any atom is -0.0928 e. The highest BCUT2D eigenvalue weighted by atomic mass is 79.9. The molecule has 124 valence electrons. The van der Waals surface area contributed by atoms with Crippen molar-refractivity contribution in [3.8, 4) is 0 Å². The molecular formula is C18H37BrSi2. The normalized spacial score (nSPS) is 34.0. The van der Waals surface area contributed by atoms with Crippen molar-refractivity contribution in [1.82, 2.24) is 0 Å². The summed E-state index contributed by atoms with van der Waals surface area (Å²) in [7, 11) is -0.591. The smallest absolute Gasteiger partial charge is 0.0399 e. The monoisotopic (exact) mass is 388 g/mol. The molecule has 0 aromatic heterocycles. The van der Waals surface area contributed by atoms with Gasteiger partial charge in [0.05, 0.1) is 0 Å². The zero-order valence-corrected chi connectivity index (χ0v) is 18.2. The van der Waals surface area contributed by atoms with Crippen molar-refractivity contribution in [3.63, 3.8) is 0 Å². The summed E-state index contributed by atoms with van der Waals surface area (Å²) in [6.45, 7) is 2.35. The van der Waals surface area contributed by atoms with Crippen LogP contribution < -0.4 is 0 Å². The van der Waals surface area contributed by atoms with E-state index in [1.807, 2.05) is 0 Å². The van der Waals surface area contributed by atoms with Crippen molar-refractivity contribution < 1.29 is 0 Å². The van der Waals surface area contributed by atoms with Crippen LogP contribution in [-0.2, 0) is 0 Å². The van der Waals surface area contributed by atoms with Crippen LogP contribution in [0, 0.1) is 5.92 Å². The van der Waals surface area contributed by atoms with Gasteiger partial charge in [0, 0.05) is 22.9 Å². The van der Waals surface area contributed by atoms with Crippen LogP contribution in [0.2, 0.25) is 35.8 Å². The van der Waals surface area contributed by atoms with Gasteiger partial charge in [-0.1, -0.05) is 98.0 Å². The molecule has 0 amide bonds. The SMILES string of the molecule is CCCCC[Si@H]1CC[C@H]([Si@H]2CC[C@H](CCCBr)CC2)CC1. The molecule has 2 rings (SSSR count). The van der Waals surface area contributed by atoms with Gasteiger partial charge in [0.15, 0.2) is 0 Å². The van der Waals surface area contributed by atoms with Gasteiger partial charge in [-0.2, -0.15) is 0 Å². The maximum absolute atomic E-state index is 3.59. The summed E-state index contributed by atoms with van der Waals surface area (Å²) in [5.74, 6) is 1.10. The molecule has 0 N–H and O–H groups in total. The first kappa shape index (κ1) is 18.3. The molecule has 2 fully saturated rings. The quantitative estimate of drug-likeness (QED) is 0.257. The number of hydrogen-bond donors (Lipinski definition) is 0. The van der Waals surface area contributed by atoms with Crippen LogP contribution >= 0.6 is 15.9 Å². The zero-order valence-electron chi connectivity index (χ0n) is 14.3. The van der Waals surface area contributed by atoms with Crippen LogP contribution in [0.1, 0.15) is 64.7 Å². The lowest BCUT2D eigenvalue weighted by atomic mass is 9.97. The first-order valence-electron chi connectivity index (χ1n) is 9.89. The van der Waals surface area contributed by atoms with E-state index < -0.39 is 0 Å². The highest BCUT2D eigenvalue weighted by Gasteiger charge is 2.31. The summed E-state index contributed by atoms with van der Waals surface area (Å²) in [5, 5.41) is 1.22. The van der Waals surface area contributed by atoms with Gasteiger partial charge in [-0.15, -0.1) is 0 Å². The molecular weight excluding hydrogens is 352 g/mol. The number of unbranched alkanes of at least 4 members (excludes halogenated alkanes) is 2. The Labute approximate surface area is 145 Å². The van der Waals surface area contributed by atoms with Crippen LogP contribution in [0.4, 0.5) is 0 Å². The molecule has 0 unspecified atom stereocenters. The third kappa shape index (κ3) is 6.50. The largest absolute Gasteiger partial charge is 0.0928 e. The second-order valence-corrected chi connectivity index (χ2v) is 15.8. The highest BCUT2D eigenvalue weighted by Crippen LogP contribution is 2.41. The van der Waals surface area contributed by atoms with Gasteiger partial charge >= 0.3 is 0 Å². The van der Waals surface area contributed by atoms with E-state index >= 15 is 0 Å². The third-order valence-electron chi connectivity index (χ3n) is 6.41. The standard InChI is InChI=1S/C18H37BrSi2/c1-2-3-4-12-20-13-9-18(10-14-20)21-15-7-17(8-16-21)6-5-11-19/h17-18,20-21H,2-16H2,1H3/t17-,18-,20-,21-. The molecule has 0 radical (unpaired) electrons. The van der Waals surface area contributed by atoms with Crippen molar-refractivity contribution in [2.24, 2.45) is 5.92 Å². The molecule has 2 aliphatic rings. The van der Waals surface area contributed by atoms with Crippen LogP contribution in [0.25, 0.3) is 0 Å². The maximum Gasteiger partial charge on any atom is 0.0399 e. The first-order valence-corrected chi connectivity index (χ1v) is 15.8. The molecule has 3 heteroatoms. The van der Waals surface area contributed by atoms with Gasteiger partial charge in [-0.3, -0.25) is 0 Å². The average molecular weight is 390 g/mol. The van der Waals surface area contributed by atoms with Crippen molar-refractivity contribution in [2.45, 2.75) is 100 Å². The van der Waals surface area contributed by atoms with E-state index in [4.69, 9.17) is 0 Å². The fourth-order valence-electron chi connectivity index (χ4n) is 4.95. The highest BCUT2D eigenvalue weighted by molar-refractivity contribution is 9.09. The van der Waals surface area contributed by atoms with E-state index in [2.05, 4.69) is 22.9 Å². The Morgan fingerprint density at radius 2 is 1.62 bits per heavy atom. The van der Waals surface area contributed by atoms with E-state index in [1.165, 1.54) is 36.6 Å². The predicted molar refractivity (Wildman–Crippen MR) is 107 cm³/mol. The fraction of sp³-hybridized carbons (Fsp3) is 1.00. The van der Waals surface area contributed by atoms with Crippen LogP contribution in [-0.4, -0.2) is 22.9 Å². The van der Waals surface area contributed by atoms with E-state index in [-0.39, 0.29) is 17.6 Å². The second kappa shape index (κ2) is 10.6. The van der Waals surface area contributed by atoms with E-state index in [1.54, 1.807) is 62.3 Å². The Hall–Kier alpha value is 0.914. The molecule has 2 saturated heterocycles. The van der Waals surface area contributed by atoms with Crippen LogP contribution in [0.3, 0.4) is 0 Å². The van der Waals surface area contributed by atoms with E-state index in [0.717, 1.165) is 5.92 Å². The van der Waals surface area contributed by atoms with Crippen molar-refractivity contribution in [1.29, 1.82) is 0 Å². The fourth-order valence-corrected chi connectivity index (χ4v) is 13.9. The van der Waals surface area contributed by atoms with Crippen molar-refractivity contribution in [3.05, 3.63) is 0 Å². The Morgan fingerprint density at radius 1 is 0.905 bits per heavy atom. The van der Waals surface area contributed by atoms with Gasteiger partial charge < -0.3 is 0 Å². The average Bonchev–Trinajstić information content (AvgIpc) is 2.54. The minimum absolute atomic E-state index is 0.261. The lowest BCUT2D eigenvalue weighted by Crippen LogP contribution is -2.31. The van der Waals surface area contributed by atoms with Gasteiger partial charge in [-0.05, 0) is 24.3 Å². The molecule has 21 heavy (non-hydrogen) atoms. The molecule has 0 aromatic rings. The maximum atomic E-state index is 3.59. The first-order chi connectivity index (χ1) is 10.3. The molecule has 0 aliphatic carbocycles. The van der Waals surface area contributed by atoms with Crippen LogP contribution in [0.5, 0.6) is 0 Å². The van der Waals surface area contributed by atoms with Gasteiger partial charge in [0.2, 0.25) is 0 Å². The van der Waals surface area contributed by atoms with Gasteiger partial charge in [0.25, 0.3) is 0 Å². The van der Waals surface area contributed by atoms with Gasteiger partial charge in [0.1, 0.15) is 0 Å². The van der Waals surface area contributed by atoms with Crippen molar-refractivity contribution in [2.75, 3.05) is 5.33 Å². The Morgan fingerprint density at radius 3 is 2.24 bits per heavy atom. The predicted octanol–water partition coefficient (Wildman–Crippen LogP) is 6.38. The zero-order chi connectivity index (χ0) is 14.9. The summed E-state index contributed by atoms with van der Waals surface area (Å²) in [4.78, 5) is 0. The topological polar surface area (TPSA) is 0 Å². The lowest BCUT2D eigenvalue weighted by molar-refractivity contribution is 0.430. The third-order valence-corrected chi connectivity index (χ3v) is 14.6. The molecule has 0 nitrogen and oxygen atoms in total. The lowest BCUT2D eigenvalue weighted by Gasteiger charge is -2.36. The number of hydrogen-bond acceptors (Lipinski definition) is 0. The summed E-state index contributed by atoms with van der Waals surface area (Å²) in [5.41, 5.74) is 1.28. The number of halogens is 1. The van der Waals surface area contributed by atoms with Gasteiger partial charge in [-0.25, -0.2) is 0 Å². The summed E-state index contributed by atoms with van der Waals surface area (Å²) < 4.78 is 0. The Balaban J connectivity index is 1.60. The summed E-state index contributed by atoms with van der Waals surface area (Å²) in [6.07, 6.45) is 14.0. The number of rotatable bonds is 8. The molecule has 2 aliphatic heterocycles. The summed E-state index contributed by atoms with van der Waals surface area (Å²) >= 11 is 3.59. The van der Waals surface area contributed by atoms with E-state index in [9.17, 15) is 0 Å². The Kier molecular flexibility index (Phi) is 9.25. The van der Waals surface area contributed by atoms with Crippen LogP contribution in [0.15, 0.2) is 0 Å². The molecule has 0 aromatic carbocycles. The molecule has 0 atom stereocenters. The van der Waals surface area contributed by atoms with E-state index in [0.29, 0.717) is 0 Å². The molecule has 2 heterocycles. The molecule has 0 spiro atoms. The molecule has 0 bridgehead atoms. The molecule has 0 saturated carbocycles. The number of alkyl halides is 1. The summed E-state index contributed by atoms with van der Waals surface area (Å²) in [6, 6.07) is 8.55.